The van der Waals surface area contributed by atoms with Gasteiger partial charge in [-0.25, -0.2) is 13.1 Å². The Labute approximate surface area is 199 Å². The zero-order chi connectivity index (χ0) is 25.1. The maximum absolute atomic E-state index is 12.8. The van der Waals surface area contributed by atoms with Crippen LogP contribution >= 0.6 is 0 Å². The Balaban J connectivity index is 0.000000618. The smallest absolute Gasteiger partial charge is 0.290 e. The van der Waals surface area contributed by atoms with E-state index in [4.69, 9.17) is 19.8 Å². The second-order valence-corrected chi connectivity index (χ2v) is 11.0. The molecule has 3 aliphatic heterocycles. The first-order valence-corrected chi connectivity index (χ1v) is 13.2. The number of carbonyl (C=O) groups is 3. The van der Waals surface area contributed by atoms with Gasteiger partial charge < -0.3 is 20.4 Å². The molecule has 0 saturated carbocycles. The van der Waals surface area contributed by atoms with Gasteiger partial charge in [0.05, 0.1) is 23.7 Å². The van der Waals surface area contributed by atoms with Crippen molar-refractivity contribution in [2.45, 2.75) is 44.2 Å². The lowest BCUT2D eigenvalue weighted by molar-refractivity contribution is -0.123. The molecule has 1 aromatic heterocycles. The molecule has 3 fully saturated rings. The highest BCUT2D eigenvalue weighted by Gasteiger charge is 2.35. The van der Waals surface area contributed by atoms with Crippen molar-refractivity contribution < 1.29 is 33.0 Å². The monoisotopic (exact) mass is 501 g/mol. The molecule has 1 unspecified atom stereocenters. The molecule has 1 atom stereocenters. The van der Waals surface area contributed by atoms with Crippen LogP contribution in [0.5, 0.6) is 0 Å². The van der Waals surface area contributed by atoms with Crippen LogP contribution in [-0.2, 0) is 24.2 Å². The van der Waals surface area contributed by atoms with Crippen molar-refractivity contribution in [3.8, 4) is 0 Å². The van der Waals surface area contributed by atoms with Gasteiger partial charge in [-0.15, -0.1) is 0 Å². The Morgan fingerprint density at radius 3 is 2.15 bits per heavy atom. The maximum Gasteiger partial charge on any atom is 0.290 e. The minimum Gasteiger partial charge on any atom is -0.483 e. The van der Waals surface area contributed by atoms with Gasteiger partial charge in [-0.1, -0.05) is 0 Å². The number of anilines is 1. The molecule has 1 aromatic rings. The number of hydrogen-bond donors (Lipinski definition) is 3. The summed E-state index contributed by atoms with van der Waals surface area (Å²) in [7, 11) is -0.727. The Morgan fingerprint density at radius 2 is 1.62 bits per heavy atom. The van der Waals surface area contributed by atoms with Crippen LogP contribution in [0.3, 0.4) is 0 Å². The van der Waals surface area contributed by atoms with Gasteiger partial charge >= 0.3 is 0 Å². The fourth-order valence-electron chi connectivity index (χ4n) is 4.76. The molecular formula is C21H35N5O7S. The molecule has 0 aromatic carbocycles. The standard InChI is InChI=1S/C19H31N5O3S.2CH2O2/c1-22-9-5-16(6-10-22)24-18(2-8-20-24)21-19(25)15-3-11-23(12-4-15)17-7-13-28(26,27)14-17;2*2-1-3/h2,8,15-17H,3-7,9-14H2,1H3,(H,21,25);2*1H,(H,2,3). The lowest BCUT2D eigenvalue weighted by Gasteiger charge is -2.35. The summed E-state index contributed by atoms with van der Waals surface area (Å²) in [6.45, 7) is 3.19. The molecule has 192 valence electrons. The molecule has 3 saturated heterocycles. The van der Waals surface area contributed by atoms with Crippen LogP contribution in [0.4, 0.5) is 5.82 Å². The third-order valence-corrected chi connectivity index (χ3v) is 8.33. The first-order valence-electron chi connectivity index (χ1n) is 11.4. The van der Waals surface area contributed by atoms with Gasteiger partial charge in [-0.3, -0.25) is 19.3 Å². The van der Waals surface area contributed by atoms with Crippen LogP contribution in [0, 0.1) is 5.92 Å². The minimum atomic E-state index is -2.86. The van der Waals surface area contributed by atoms with Crippen molar-refractivity contribution in [2.75, 3.05) is 50.0 Å². The van der Waals surface area contributed by atoms with Gasteiger partial charge in [-0.2, -0.15) is 5.10 Å². The van der Waals surface area contributed by atoms with E-state index < -0.39 is 9.84 Å². The average Bonchev–Trinajstić information content (AvgIpc) is 3.41. The van der Waals surface area contributed by atoms with E-state index in [2.05, 4.69) is 27.3 Å². The summed E-state index contributed by atoms with van der Waals surface area (Å²) in [5.74, 6) is 1.42. The highest BCUT2D eigenvalue weighted by molar-refractivity contribution is 7.91. The highest BCUT2D eigenvalue weighted by atomic mass is 32.2. The first-order chi connectivity index (χ1) is 16.2. The number of amides is 1. The van der Waals surface area contributed by atoms with Gasteiger partial charge in [0, 0.05) is 18.0 Å². The van der Waals surface area contributed by atoms with E-state index in [1.807, 2.05) is 10.7 Å². The molecule has 0 radical (unpaired) electrons. The summed E-state index contributed by atoms with van der Waals surface area (Å²) in [6, 6.07) is 2.36. The number of rotatable bonds is 4. The lowest BCUT2D eigenvalue weighted by atomic mass is 9.94. The number of likely N-dealkylation sites (tertiary alicyclic amines) is 2. The van der Waals surface area contributed by atoms with Gasteiger partial charge in [0.15, 0.2) is 9.84 Å². The summed E-state index contributed by atoms with van der Waals surface area (Å²) < 4.78 is 25.4. The minimum absolute atomic E-state index is 0.0184. The SMILES string of the molecule is CN1CCC(n2nccc2NC(=O)C2CCN(C3CCS(=O)(=O)C3)CC2)CC1.O=CO.O=CO. The number of carboxylic acid groups (broad SMARTS) is 2. The molecule has 0 bridgehead atoms. The number of nitrogens with one attached hydrogen (secondary N) is 1. The summed E-state index contributed by atoms with van der Waals surface area (Å²) in [4.78, 5) is 34.1. The van der Waals surface area contributed by atoms with Gasteiger partial charge in [0.25, 0.3) is 12.9 Å². The first kappa shape index (κ1) is 27.7. The maximum atomic E-state index is 12.8. The Kier molecular flexibility index (Phi) is 10.9. The third kappa shape index (κ3) is 8.06. The van der Waals surface area contributed by atoms with E-state index in [0.717, 1.165) is 64.1 Å². The molecule has 0 spiro atoms. The molecular weight excluding hydrogens is 466 g/mol. The molecule has 3 aliphatic rings. The van der Waals surface area contributed by atoms with Crippen molar-refractivity contribution in [2.24, 2.45) is 5.92 Å². The zero-order valence-corrected chi connectivity index (χ0v) is 20.3. The second kappa shape index (κ2) is 13.4. The molecule has 12 nitrogen and oxygen atoms in total. The van der Waals surface area contributed by atoms with Crippen LogP contribution in [-0.4, -0.2) is 108 Å². The average molecular weight is 502 g/mol. The van der Waals surface area contributed by atoms with Crippen LogP contribution in [0.1, 0.15) is 38.1 Å². The van der Waals surface area contributed by atoms with Crippen LogP contribution in [0.15, 0.2) is 12.3 Å². The Bertz CT molecular complexity index is 885. The fourth-order valence-corrected chi connectivity index (χ4v) is 6.52. The predicted octanol–water partition coefficient (Wildman–Crippen LogP) is 0.389. The number of sulfone groups is 1. The number of nitrogens with zero attached hydrogens (tertiary/aromatic N) is 4. The van der Waals surface area contributed by atoms with Crippen molar-refractivity contribution in [3.63, 3.8) is 0 Å². The molecule has 1 amide bonds. The number of piperidine rings is 2. The van der Waals surface area contributed by atoms with Crippen molar-refractivity contribution in [1.82, 2.24) is 19.6 Å². The molecule has 0 aliphatic carbocycles. The van der Waals surface area contributed by atoms with Crippen LogP contribution < -0.4 is 5.32 Å². The van der Waals surface area contributed by atoms with E-state index in [1.165, 1.54) is 0 Å². The quantitative estimate of drug-likeness (QED) is 0.492. The number of aromatic nitrogens is 2. The Hall–Kier alpha value is -2.51. The topological polar surface area (TPSA) is 162 Å². The zero-order valence-electron chi connectivity index (χ0n) is 19.5. The summed E-state index contributed by atoms with van der Waals surface area (Å²) >= 11 is 0. The van der Waals surface area contributed by atoms with E-state index in [1.54, 1.807) is 6.20 Å². The summed E-state index contributed by atoms with van der Waals surface area (Å²) in [6.07, 6.45) is 6.15. The van der Waals surface area contributed by atoms with E-state index in [-0.39, 0.29) is 36.6 Å². The van der Waals surface area contributed by atoms with Gasteiger partial charge in [-0.05, 0) is 65.3 Å². The summed E-state index contributed by atoms with van der Waals surface area (Å²) in [5.41, 5.74) is 0. The lowest BCUT2D eigenvalue weighted by Crippen LogP contribution is -2.44. The van der Waals surface area contributed by atoms with E-state index in [0.29, 0.717) is 11.8 Å². The van der Waals surface area contributed by atoms with Crippen molar-refractivity contribution in [1.29, 1.82) is 0 Å². The Morgan fingerprint density at radius 1 is 1.03 bits per heavy atom. The van der Waals surface area contributed by atoms with Gasteiger partial charge in [0.2, 0.25) is 5.91 Å². The molecule has 13 heteroatoms. The normalized spacial score (nSPS) is 23.6. The van der Waals surface area contributed by atoms with E-state index >= 15 is 0 Å². The number of hydrogen-bond acceptors (Lipinski definition) is 8. The highest BCUT2D eigenvalue weighted by Crippen LogP contribution is 2.27. The molecule has 3 N–H and O–H groups in total. The molecule has 4 rings (SSSR count). The van der Waals surface area contributed by atoms with Crippen molar-refractivity contribution >= 4 is 34.5 Å². The van der Waals surface area contributed by atoms with E-state index in [9.17, 15) is 13.2 Å². The predicted molar refractivity (Wildman–Crippen MR) is 125 cm³/mol. The molecule has 34 heavy (non-hydrogen) atoms. The second-order valence-electron chi connectivity index (χ2n) is 8.76. The van der Waals surface area contributed by atoms with Crippen molar-refractivity contribution in [3.05, 3.63) is 12.3 Å². The summed E-state index contributed by atoms with van der Waals surface area (Å²) in [5, 5.41) is 21.3. The van der Waals surface area contributed by atoms with Crippen LogP contribution in [0.2, 0.25) is 0 Å². The number of carbonyl (C=O) groups excluding carboxylic acids is 1. The van der Waals surface area contributed by atoms with Crippen LogP contribution in [0.25, 0.3) is 0 Å². The fraction of sp³-hybridized carbons (Fsp3) is 0.714. The van der Waals surface area contributed by atoms with Gasteiger partial charge in [0.1, 0.15) is 5.82 Å². The molecule has 4 heterocycles. The third-order valence-electron chi connectivity index (χ3n) is 6.58. The largest absolute Gasteiger partial charge is 0.483 e.